The Morgan fingerprint density at radius 1 is 1.29 bits per heavy atom. The van der Waals surface area contributed by atoms with Gasteiger partial charge in [0.05, 0.1) is 22.0 Å². The molecule has 1 amide bonds. The molecule has 0 bridgehead atoms. The smallest absolute Gasteiger partial charge is 0.397 e. The van der Waals surface area contributed by atoms with Gasteiger partial charge in [-0.3, -0.25) is 4.79 Å². The van der Waals surface area contributed by atoms with Crippen LogP contribution >= 0.6 is 11.6 Å². The third kappa shape index (κ3) is 3.70. The molecule has 0 spiro atoms. The van der Waals surface area contributed by atoms with Crippen LogP contribution in [0.3, 0.4) is 0 Å². The molecular formula is C9H9ClF3N3O. The minimum Gasteiger partial charge on any atom is -0.397 e. The highest BCUT2D eigenvalue weighted by atomic mass is 35.5. The molecule has 94 valence electrons. The molecule has 0 saturated heterocycles. The maximum atomic E-state index is 11.9. The highest BCUT2D eigenvalue weighted by Gasteiger charge is 2.28. The summed E-state index contributed by atoms with van der Waals surface area (Å²) in [5.41, 5.74) is 10.9. The third-order valence-corrected chi connectivity index (χ3v) is 2.18. The molecule has 0 radical (unpaired) electrons. The Morgan fingerprint density at radius 3 is 2.35 bits per heavy atom. The van der Waals surface area contributed by atoms with E-state index >= 15 is 0 Å². The topological polar surface area (TPSA) is 81.1 Å². The lowest BCUT2D eigenvalue weighted by molar-refractivity contribution is -0.123. The number of hydrogen-bond donors (Lipinski definition) is 3. The number of carbonyl (C=O) groups excluding carboxylic acids is 1. The van der Waals surface area contributed by atoms with Crippen molar-refractivity contribution in [1.82, 2.24) is 5.32 Å². The molecule has 0 heterocycles. The molecule has 0 aliphatic heterocycles. The summed E-state index contributed by atoms with van der Waals surface area (Å²) in [5.74, 6) is -0.959. The average Bonchev–Trinajstić information content (AvgIpc) is 2.19. The van der Waals surface area contributed by atoms with Gasteiger partial charge in [-0.05, 0) is 12.1 Å². The lowest BCUT2D eigenvalue weighted by Gasteiger charge is -2.10. The second-order valence-electron chi connectivity index (χ2n) is 3.26. The van der Waals surface area contributed by atoms with Crippen molar-refractivity contribution in [3.63, 3.8) is 0 Å². The van der Waals surface area contributed by atoms with Crippen LogP contribution < -0.4 is 16.8 Å². The molecular weight excluding hydrogens is 259 g/mol. The second kappa shape index (κ2) is 4.70. The number of carbonyl (C=O) groups is 1. The summed E-state index contributed by atoms with van der Waals surface area (Å²) >= 11 is 5.67. The molecule has 0 fully saturated rings. The number of nitrogens with one attached hydrogen (secondary N) is 1. The summed E-state index contributed by atoms with van der Waals surface area (Å²) in [5, 5.41) is 1.62. The molecule has 0 aliphatic carbocycles. The van der Waals surface area contributed by atoms with Gasteiger partial charge in [-0.2, -0.15) is 13.2 Å². The first kappa shape index (κ1) is 13.4. The molecule has 5 N–H and O–H groups in total. The van der Waals surface area contributed by atoms with Gasteiger partial charge in [-0.1, -0.05) is 11.6 Å². The first-order valence-electron chi connectivity index (χ1n) is 4.40. The SMILES string of the molecule is Nc1cc(Cl)c(C(=O)NCC(F)(F)F)cc1N. The van der Waals surface area contributed by atoms with Gasteiger partial charge < -0.3 is 16.8 Å². The van der Waals surface area contributed by atoms with Crippen molar-refractivity contribution >= 4 is 28.9 Å². The largest absolute Gasteiger partial charge is 0.405 e. The van der Waals surface area contributed by atoms with E-state index in [0.717, 1.165) is 6.07 Å². The van der Waals surface area contributed by atoms with Crippen LogP contribution in [0.1, 0.15) is 10.4 Å². The van der Waals surface area contributed by atoms with Gasteiger partial charge in [0.1, 0.15) is 6.54 Å². The Bertz CT molecular complexity index is 448. The van der Waals surface area contributed by atoms with Crippen LogP contribution in [0, 0.1) is 0 Å². The Balaban J connectivity index is 2.86. The normalized spacial score (nSPS) is 11.3. The minimum absolute atomic E-state index is 0.0589. The van der Waals surface area contributed by atoms with Crippen molar-refractivity contribution in [3.05, 3.63) is 22.7 Å². The molecule has 1 aromatic rings. The van der Waals surface area contributed by atoms with E-state index in [0.29, 0.717) is 0 Å². The molecule has 1 rings (SSSR count). The number of nitrogens with two attached hydrogens (primary N) is 2. The van der Waals surface area contributed by atoms with Gasteiger partial charge in [0.25, 0.3) is 5.91 Å². The summed E-state index contributed by atoms with van der Waals surface area (Å²) in [4.78, 5) is 11.4. The summed E-state index contributed by atoms with van der Waals surface area (Å²) in [7, 11) is 0. The Hall–Kier alpha value is -1.63. The number of anilines is 2. The minimum atomic E-state index is -4.48. The lowest BCUT2D eigenvalue weighted by atomic mass is 10.1. The third-order valence-electron chi connectivity index (χ3n) is 1.87. The quantitative estimate of drug-likeness (QED) is 0.715. The summed E-state index contributed by atoms with van der Waals surface area (Å²) < 4.78 is 35.6. The zero-order valence-electron chi connectivity index (χ0n) is 8.44. The van der Waals surface area contributed by atoms with E-state index in [4.69, 9.17) is 23.1 Å². The number of benzene rings is 1. The van der Waals surface area contributed by atoms with Crippen molar-refractivity contribution in [2.45, 2.75) is 6.18 Å². The van der Waals surface area contributed by atoms with Gasteiger partial charge in [-0.25, -0.2) is 0 Å². The van der Waals surface area contributed by atoms with Gasteiger partial charge in [-0.15, -0.1) is 0 Å². The number of halogens is 4. The second-order valence-corrected chi connectivity index (χ2v) is 3.67. The van der Waals surface area contributed by atoms with E-state index in [2.05, 4.69) is 0 Å². The molecule has 4 nitrogen and oxygen atoms in total. The van der Waals surface area contributed by atoms with E-state index in [1.54, 1.807) is 5.32 Å². The molecule has 0 unspecified atom stereocenters. The van der Waals surface area contributed by atoms with Crippen LogP contribution in [0.2, 0.25) is 5.02 Å². The molecule has 0 aromatic heterocycles. The maximum absolute atomic E-state index is 11.9. The van der Waals surface area contributed by atoms with Crippen LogP contribution in [0.15, 0.2) is 12.1 Å². The van der Waals surface area contributed by atoms with E-state index in [-0.39, 0.29) is 22.0 Å². The maximum Gasteiger partial charge on any atom is 0.405 e. The van der Waals surface area contributed by atoms with Crippen LogP contribution in [-0.4, -0.2) is 18.6 Å². The van der Waals surface area contributed by atoms with E-state index < -0.39 is 18.6 Å². The van der Waals surface area contributed by atoms with Crippen molar-refractivity contribution in [3.8, 4) is 0 Å². The predicted octanol–water partition coefficient (Wildman–Crippen LogP) is 1.80. The van der Waals surface area contributed by atoms with Crippen LogP contribution in [-0.2, 0) is 0 Å². The van der Waals surface area contributed by atoms with Crippen LogP contribution in [0.5, 0.6) is 0 Å². The summed E-state index contributed by atoms with van der Waals surface area (Å²) in [6.45, 7) is -1.44. The number of amides is 1. The predicted molar refractivity (Wildman–Crippen MR) is 58.7 cm³/mol. The van der Waals surface area contributed by atoms with Crippen LogP contribution in [0.4, 0.5) is 24.5 Å². The zero-order chi connectivity index (χ0) is 13.2. The molecule has 0 saturated carbocycles. The average molecular weight is 268 g/mol. The molecule has 1 aromatic carbocycles. The summed E-state index contributed by atoms with van der Waals surface area (Å²) in [6, 6.07) is 2.34. The number of rotatable bonds is 2. The first-order chi connectivity index (χ1) is 7.70. The number of nitrogen functional groups attached to an aromatic ring is 2. The van der Waals surface area contributed by atoms with Gasteiger partial charge in [0.15, 0.2) is 0 Å². The number of alkyl halides is 3. The van der Waals surface area contributed by atoms with Gasteiger partial charge in [0, 0.05) is 0 Å². The lowest BCUT2D eigenvalue weighted by Crippen LogP contribution is -2.33. The van der Waals surface area contributed by atoms with Crippen molar-refractivity contribution in [2.75, 3.05) is 18.0 Å². The summed E-state index contributed by atoms with van der Waals surface area (Å²) in [6.07, 6.45) is -4.48. The monoisotopic (exact) mass is 267 g/mol. The molecule has 8 heteroatoms. The zero-order valence-corrected chi connectivity index (χ0v) is 9.19. The fourth-order valence-electron chi connectivity index (χ4n) is 1.06. The van der Waals surface area contributed by atoms with E-state index in [9.17, 15) is 18.0 Å². The Morgan fingerprint density at radius 2 is 1.82 bits per heavy atom. The van der Waals surface area contributed by atoms with Crippen LogP contribution in [0.25, 0.3) is 0 Å². The number of hydrogen-bond acceptors (Lipinski definition) is 3. The van der Waals surface area contributed by atoms with E-state index in [1.807, 2.05) is 0 Å². The Labute approximate surface area is 99.7 Å². The highest BCUT2D eigenvalue weighted by molar-refractivity contribution is 6.34. The first-order valence-corrected chi connectivity index (χ1v) is 4.78. The van der Waals surface area contributed by atoms with Gasteiger partial charge >= 0.3 is 6.18 Å². The molecule has 17 heavy (non-hydrogen) atoms. The Kier molecular flexibility index (Phi) is 3.72. The van der Waals surface area contributed by atoms with Crippen molar-refractivity contribution in [2.24, 2.45) is 0 Å². The molecule has 0 atom stereocenters. The fraction of sp³-hybridized carbons (Fsp3) is 0.222. The van der Waals surface area contributed by atoms with Gasteiger partial charge in [0.2, 0.25) is 0 Å². The van der Waals surface area contributed by atoms with Crippen molar-refractivity contribution in [1.29, 1.82) is 0 Å². The molecule has 0 aliphatic rings. The highest BCUT2D eigenvalue weighted by Crippen LogP contribution is 2.25. The van der Waals surface area contributed by atoms with E-state index in [1.165, 1.54) is 6.07 Å². The standard InChI is InChI=1S/C9H9ClF3N3O/c10-5-2-7(15)6(14)1-4(5)8(17)16-3-9(11,12)13/h1-2H,3,14-15H2,(H,16,17). The van der Waals surface area contributed by atoms with Crippen molar-refractivity contribution < 1.29 is 18.0 Å². The fourth-order valence-corrected chi connectivity index (χ4v) is 1.31.